The first-order valence-electron chi connectivity index (χ1n) is 5.66. The first kappa shape index (κ1) is 12.3. The van der Waals surface area contributed by atoms with Crippen LogP contribution in [0.1, 0.15) is 29.6 Å². The first-order valence-corrected chi connectivity index (χ1v) is 6.48. The van der Waals surface area contributed by atoms with E-state index in [2.05, 4.69) is 20.8 Å². The lowest BCUT2D eigenvalue weighted by Crippen LogP contribution is -2.47. The molecule has 17 heavy (non-hydrogen) atoms. The molecule has 94 valence electrons. The summed E-state index contributed by atoms with van der Waals surface area (Å²) in [6, 6.07) is 0.209. The number of amides is 1. The first-order chi connectivity index (χ1) is 8.22. The summed E-state index contributed by atoms with van der Waals surface area (Å²) in [6.07, 6.45) is 2.07. The van der Waals surface area contributed by atoms with Crippen molar-refractivity contribution >= 4 is 22.4 Å². The van der Waals surface area contributed by atoms with Gasteiger partial charge in [-0.15, -0.1) is 10.2 Å². The van der Waals surface area contributed by atoms with Gasteiger partial charge in [-0.2, -0.15) is 0 Å². The van der Waals surface area contributed by atoms with Gasteiger partial charge in [0.1, 0.15) is 0 Å². The third-order valence-electron chi connectivity index (χ3n) is 2.67. The van der Waals surface area contributed by atoms with Crippen LogP contribution in [-0.2, 0) is 4.74 Å². The highest BCUT2D eigenvalue weighted by atomic mass is 32.1. The molecule has 1 amide bonds. The summed E-state index contributed by atoms with van der Waals surface area (Å²) in [7, 11) is 1.75. The lowest BCUT2D eigenvalue weighted by atomic mass is 9.89. The number of carbonyl (C=O) groups excluding carboxylic acids is 1. The average Bonchev–Trinajstić information content (AvgIpc) is 2.74. The van der Waals surface area contributed by atoms with Gasteiger partial charge < -0.3 is 15.4 Å². The fourth-order valence-corrected chi connectivity index (χ4v) is 2.32. The van der Waals surface area contributed by atoms with Crippen molar-refractivity contribution in [2.75, 3.05) is 19.0 Å². The Labute approximate surface area is 104 Å². The molecule has 0 atom stereocenters. The molecule has 1 aromatic rings. The molecule has 0 saturated heterocycles. The summed E-state index contributed by atoms with van der Waals surface area (Å²) in [4.78, 5) is 11.8. The lowest BCUT2D eigenvalue weighted by molar-refractivity contribution is -0.00863. The molecule has 6 nitrogen and oxygen atoms in total. The van der Waals surface area contributed by atoms with Crippen LogP contribution >= 0.6 is 11.3 Å². The number of nitrogens with one attached hydrogen (secondary N) is 2. The maximum atomic E-state index is 11.8. The van der Waals surface area contributed by atoms with E-state index in [9.17, 15) is 4.79 Å². The highest BCUT2D eigenvalue weighted by Gasteiger charge is 2.31. The van der Waals surface area contributed by atoms with Crippen molar-refractivity contribution < 1.29 is 9.53 Å². The lowest BCUT2D eigenvalue weighted by Gasteiger charge is -2.35. The van der Waals surface area contributed by atoms with Gasteiger partial charge in [0, 0.05) is 19.7 Å². The van der Waals surface area contributed by atoms with Gasteiger partial charge in [-0.3, -0.25) is 4.79 Å². The molecule has 0 aliphatic heterocycles. The smallest absolute Gasteiger partial charge is 0.282 e. The Bertz CT molecular complexity index is 389. The van der Waals surface area contributed by atoms with E-state index in [0.717, 1.165) is 19.4 Å². The van der Waals surface area contributed by atoms with E-state index >= 15 is 0 Å². The zero-order chi connectivity index (χ0) is 12.3. The quantitative estimate of drug-likeness (QED) is 0.817. The van der Waals surface area contributed by atoms with E-state index in [1.807, 2.05) is 6.92 Å². The van der Waals surface area contributed by atoms with Crippen LogP contribution in [0.15, 0.2) is 0 Å². The monoisotopic (exact) mass is 256 g/mol. The average molecular weight is 256 g/mol. The number of nitrogens with zero attached hydrogens (tertiary/aromatic N) is 2. The molecule has 0 bridgehead atoms. The molecule has 0 spiro atoms. The molecule has 0 unspecified atom stereocenters. The molecule has 0 radical (unpaired) electrons. The summed E-state index contributed by atoms with van der Waals surface area (Å²) in [5, 5.41) is 14.5. The van der Waals surface area contributed by atoms with Crippen molar-refractivity contribution in [2.24, 2.45) is 0 Å². The second-order valence-corrected chi connectivity index (χ2v) is 4.86. The largest absolute Gasteiger partial charge is 0.378 e. The molecule has 7 heteroatoms. The van der Waals surface area contributed by atoms with Crippen LogP contribution in [0.25, 0.3) is 0 Å². The molecule has 1 aliphatic rings. The Hall–Kier alpha value is -1.21. The van der Waals surface area contributed by atoms with E-state index in [-0.39, 0.29) is 11.9 Å². The van der Waals surface area contributed by atoms with Crippen LogP contribution in [0, 0.1) is 0 Å². The second-order valence-electron chi connectivity index (χ2n) is 3.88. The number of hydrogen-bond acceptors (Lipinski definition) is 6. The predicted molar refractivity (Wildman–Crippen MR) is 65.4 cm³/mol. The highest BCUT2D eigenvalue weighted by Crippen LogP contribution is 2.24. The van der Waals surface area contributed by atoms with Crippen LogP contribution in [0.4, 0.5) is 5.13 Å². The molecule has 1 heterocycles. The maximum Gasteiger partial charge on any atom is 0.282 e. The van der Waals surface area contributed by atoms with Crippen molar-refractivity contribution in [1.29, 1.82) is 0 Å². The van der Waals surface area contributed by atoms with Crippen LogP contribution < -0.4 is 10.6 Å². The Morgan fingerprint density at radius 1 is 1.53 bits per heavy atom. The van der Waals surface area contributed by atoms with Gasteiger partial charge in [0.15, 0.2) is 0 Å². The van der Waals surface area contributed by atoms with Gasteiger partial charge in [-0.25, -0.2) is 0 Å². The normalized spacial score (nSPS) is 22.9. The zero-order valence-electron chi connectivity index (χ0n) is 9.90. The van der Waals surface area contributed by atoms with E-state index in [1.165, 1.54) is 11.3 Å². The molecular formula is C10H16N4O2S. The zero-order valence-corrected chi connectivity index (χ0v) is 10.7. The van der Waals surface area contributed by atoms with Crippen molar-refractivity contribution in [2.45, 2.75) is 31.9 Å². The van der Waals surface area contributed by atoms with Gasteiger partial charge in [0.05, 0.1) is 6.10 Å². The molecule has 1 fully saturated rings. The summed E-state index contributed by atoms with van der Waals surface area (Å²) in [5.74, 6) is -0.149. The molecule has 1 saturated carbocycles. The van der Waals surface area contributed by atoms with Crippen molar-refractivity contribution in [1.82, 2.24) is 15.5 Å². The summed E-state index contributed by atoms with van der Waals surface area (Å²) in [5.41, 5.74) is 0. The van der Waals surface area contributed by atoms with Gasteiger partial charge in [0.25, 0.3) is 5.91 Å². The molecular weight excluding hydrogens is 240 g/mol. The van der Waals surface area contributed by atoms with Gasteiger partial charge in [-0.1, -0.05) is 11.3 Å². The Kier molecular flexibility index (Phi) is 3.90. The van der Waals surface area contributed by atoms with Crippen molar-refractivity contribution in [3.8, 4) is 0 Å². The van der Waals surface area contributed by atoms with Crippen LogP contribution in [0.2, 0.25) is 0 Å². The standard InChI is InChI=1S/C10H16N4O2S/c1-3-16-7-4-6(5-7)12-8(15)9-13-14-10(11-2)17-9/h6-7H,3-5H2,1-2H3,(H,11,14)(H,12,15). The minimum absolute atomic E-state index is 0.149. The van der Waals surface area contributed by atoms with Crippen LogP contribution in [-0.4, -0.2) is 41.9 Å². The third-order valence-corrected chi connectivity index (χ3v) is 3.61. The molecule has 0 aromatic carbocycles. The second kappa shape index (κ2) is 5.42. The molecule has 2 rings (SSSR count). The Morgan fingerprint density at radius 2 is 2.29 bits per heavy atom. The van der Waals surface area contributed by atoms with Gasteiger partial charge in [0.2, 0.25) is 10.1 Å². The Balaban J connectivity index is 1.78. The fraction of sp³-hybridized carbons (Fsp3) is 0.700. The summed E-state index contributed by atoms with van der Waals surface area (Å²) < 4.78 is 5.43. The Morgan fingerprint density at radius 3 is 2.88 bits per heavy atom. The number of rotatable bonds is 5. The third kappa shape index (κ3) is 2.92. The minimum atomic E-state index is -0.149. The minimum Gasteiger partial charge on any atom is -0.378 e. The van der Waals surface area contributed by atoms with E-state index < -0.39 is 0 Å². The van der Waals surface area contributed by atoms with Crippen LogP contribution in [0.3, 0.4) is 0 Å². The number of anilines is 1. The number of ether oxygens (including phenoxy) is 1. The van der Waals surface area contributed by atoms with Crippen molar-refractivity contribution in [3.63, 3.8) is 0 Å². The summed E-state index contributed by atoms with van der Waals surface area (Å²) >= 11 is 1.25. The topological polar surface area (TPSA) is 76.1 Å². The molecule has 1 aliphatic carbocycles. The fourth-order valence-electron chi connectivity index (χ4n) is 1.72. The van der Waals surface area contributed by atoms with Crippen molar-refractivity contribution in [3.05, 3.63) is 5.01 Å². The number of carbonyl (C=O) groups is 1. The van der Waals surface area contributed by atoms with E-state index in [1.54, 1.807) is 7.05 Å². The number of hydrogen-bond donors (Lipinski definition) is 2. The summed E-state index contributed by atoms with van der Waals surface area (Å²) in [6.45, 7) is 2.71. The van der Waals surface area contributed by atoms with E-state index in [0.29, 0.717) is 16.2 Å². The van der Waals surface area contributed by atoms with Gasteiger partial charge in [-0.05, 0) is 19.8 Å². The highest BCUT2D eigenvalue weighted by molar-refractivity contribution is 7.17. The van der Waals surface area contributed by atoms with E-state index in [4.69, 9.17) is 4.74 Å². The van der Waals surface area contributed by atoms with Crippen LogP contribution in [0.5, 0.6) is 0 Å². The number of aromatic nitrogens is 2. The predicted octanol–water partition coefficient (Wildman–Crippen LogP) is 0.877. The maximum absolute atomic E-state index is 11.8. The SMILES string of the molecule is CCOC1CC(NC(=O)c2nnc(NC)s2)C1. The van der Waals surface area contributed by atoms with Gasteiger partial charge >= 0.3 is 0 Å². The molecule has 2 N–H and O–H groups in total. The molecule has 1 aromatic heterocycles.